The van der Waals surface area contributed by atoms with Gasteiger partial charge in [0.05, 0.1) is 19.0 Å². The van der Waals surface area contributed by atoms with Gasteiger partial charge in [0, 0.05) is 16.9 Å². The Balaban J connectivity index is 1.89. The minimum atomic E-state index is -0.00472. The number of para-hydroxylation sites is 1. The lowest BCUT2D eigenvalue weighted by atomic mass is 9.89. The van der Waals surface area contributed by atoms with E-state index in [9.17, 15) is 4.79 Å². The predicted molar refractivity (Wildman–Crippen MR) is 110 cm³/mol. The highest BCUT2D eigenvalue weighted by molar-refractivity contribution is 7.18. The summed E-state index contributed by atoms with van der Waals surface area (Å²) in [5, 5.41) is 0.779. The number of thiophene rings is 1. The highest BCUT2D eigenvalue weighted by Gasteiger charge is 2.24. The van der Waals surface area contributed by atoms with Crippen molar-refractivity contribution >= 4 is 21.6 Å². The van der Waals surface area contributed by atoms with E-state index in [1.807, 2.05) is 24.3 Å². The van der Waals surface area contributed by atoms with Gasteiger partial charge in [-0.25, -0.2) is 4.98 Å². The number of aryl methyl sites for hydroxylation is 1. The Morgan fingerprint density at radius 3 is 3.00 bits per heavy atom. The van der Waals surface area contributed by atoms with Gasteiger partial charge in [-0.05, 0) is 36.8 Å². The molecule has 0 saturated heterocycles. The zero-order chi connectivity index (χ0) is 19.0. The zero-order valence-electron chi connectivity index (χ0n) is 15.6. The Labute approximate surface area is 162 Å². The van der Waals surface area contributed by atoms with Gasteiger partial charge in [0.2, 0.25) is 0 Å². The van der Waals surface area contributed by atoms with E-state index in [1.165, 1.54) is 10.4 Å². The van der Waals surface area contributed by atoms with Gasteiger partial charge in [-0.3, -0.25) is 9.36 Å². The molecule has 0 radical (unpaired) electrons. The molecule has 27 heavy (non-hydrogen) atoms. The Morgan fingerprint density at radius 2 is 2.22 bits per heavy atom. The van der Waals surface area contributed by atoms with Crippen LogP contribution in [0.2, 0.25) is 0 Å². The summed E-state index contributed by atoms with van der Waals surface area (Å²) in [5.41, 5.74) is 2.18. The van der Waals surface area contributed by atoms with Crippen LogP contribution in [0.1, 0.15) is 35.2 Å². The molecule has 4 rings (SSSR count). The maximum Gasteiger partial charge on any atom is 0.263 e. The number of methoxy groups -OCH3 is 1. The molecule has 0 aliphatic heterocycles. The average molecular weight is 378 g/mol. The summed E-state index contributed by atoms with van der Waals surface area (Å²) in [5.74, 6) is 4.76. The topological polar surface area (TPSA) is 44.1 Å². The third kappa shape index (κ3) is 3.15. The summed E-state index contributed by atoms with van der Waals surface area (Å²) in [6.45, 7) is 2.50. The Kier molecular flexibility index (Phi) is 4.75. The van der Waals surface area contributed by atoms with Crippen LogP contribution in [0.25, 0.3) is 10.2 Å². The van der Waals surface area contributed by atoms with Crippen molar-refractivity contribution in [2.45, 2.75) is 39.2 Å². The molecule has 1 aromatic carbocycles. The number of rotatable bonds is 4. The van der Waals surface area contributed by atoms with Gasteiger partial charge in [0.25, 0.3) is 5.56 Å². The third-order valence-corrected chi connectivity index (χ3v) is 6.43. The second-order valence-corrected chi connectivity index (χ2v) is 8.23. The van der Waals surface area contributed by atoms with Crippen LogP contribution < -0.4 is 10.3 Å². The van der Waals surface area contributed by atoms with Crippen LogP contribution in [0, 0.1) is 18.3 Å². The fourth-order valence-electron chi connectivity index (χ4n) is 3.87. The molecule has 1 aliphatic rings. The van der Waals surface area contributed by atoms with Crippen molar-refractivity contribution in [1.82, 2.24) is 9.55 Å². The Bertz CT molecular complexity index is 1100. The van der Waals surface area contributed by atoms with Crippen LogP contribution in [0.4, 0.5) is 0 Å². The van der Waals surface area contributed by atoms with E-state index in [0.717, 1.165) is 40.8 Å². The van der Waals surface area contributed by atoms with E-state index < -0.39 is 0 Å². The van der Waals surface area contributed by atoms with Crippen molar-refractivity contribution < 1.29 is 4.74 Å². The predicted octanol–water partition coefficient (Wildman–Crippen LogP) is 3.82. The first-order valence-electron chi connectivity index (χ1n) is 9.21. The second-order valence-electron chi connectivity index (χ2n) is 7.14. The molecule has 1 atom stereocenters. The van der Waals surface area contributed by atoms with Crippen molar-refractivity contribution in [2.24, 2.45) is 5.92 Å². The molecular weight excluding hydrogens is 356 g/mol. The molecule has 138 valence electrons. The van der Waals surface area contributed by atoms with Crippen LogP contribution >= 0.6 is 11.3 Å². The first-order valence-corrected chi connectivity index (χ1v) is 10.0. The number of terminal acetylenes is 1. The van der Waals surface area contributed by atoms with Crippen LogP contribution in [0.3, 0.4) is 0 Å². The summed E-state index contributed by atoms with van der Waals surface area (Å²) >= 11 is 1.67. The van der Waals surface area contributed by atoms with Gasteiger partial charge in [-0.15, -0.1) is 17.8 Å². The molecule has 2 heterocycles. The van der Waals surface area contributed by atoms with E-state index in [1.54, 1.807) is 23.0 Å². The molecule has 1 aliphatic carbocycles. The smallest absolute Gasteiger partial charge is 0.263 e. The largest absolute Gasteiger partial charge is 0.496 e. The quantitative estimate of drug-likeness (QED) is 0.649. The van der Waals surface area contributed by atoms with Crippen molar-refractivity contribution in [1.29, 1.82) is 0 Å². The maximum absolute atomic E-state index is 13.3. The number of benzene rings is 1. The molecule has 0 bridgehead atoms. The monoisotopic (exact) mass is 378 g/mol. The van der Waals surface area contributed by atoms with Crippen LogP contribution in [-0.4, -0.2) is 16.7 Å². The summed E-state index contributed by atoms with van der Waals surface area (Å²) < 4.78 is 7.11. The second kappa shape index (κ2) is 7.21. The molecular formula is C22H22N2O2S. The van der Waals surface area contributed by atoms with Crippen molar-refractivity contribution in [3.63, 3.8) is 0 Å². The van der Waals surface area contributed by atoms with E-state index in [4.69, 9.17) is 16.1 Å². The van der Waals surface area contributed by atoms with Gasteiger partial charge in [0.1, 0.15) is 16.4 Å². The fraction of sp³-hybridized carbons (Fsp3) is 0.364. The van der Waals surface area contributed by atoms with E-state index >= 15 is 0 Å². The molecule has 4 nitrogen and oxygen atoms in total. The number of nitrogens with zero attached hydrogens (tertiary/aromatic N) is 2. The van der Waals surface area contributed by atoms with Gasteiger partial charge in [-0.2, -0.15) is 0 Å². The lowest BCUT2D eigenvalue weighted by Gasteiger charge is -2.17. The third-order valence-electron chi connectivity index (χ3n) is 5.28. The molecule has 0 N–H and O–H groups in total. The molecule has 0 saturated carbocycles. The summed E-state index contributed by atoms with van der Waals surface area (Å²) in [6, 6.07) is 7.81. The molecule has 3 aromatic rings. The number of hydrogen-bond acceptors (Lipinski definition) is 4. The number of ether oxygens (including phenoxy) is 1. The minimum absolute atomic E-state index is 0.00472. The number of hydrogen-bond donors (Lipinski definition) is 0. The summed E-state index contributed by atoms with van der Waals surface area (Å²) in [4.78, 5) is 20.3. The molecule has 5 heteroatoms. The van der Waals surface area contributed by atoms with Crippen LogP contribution in [0.5, 0.6) is 5.75 Å². The SMILES string of the molecule is C#CCn1c(Cc2ccccc2OC)nc2sc3c(c2c1=O)CCC(C)C3. The van der Waals surface area contributed by atoms with Crippen LogP contribution in [-0.2, 0) is 25.8 Å². The van der Waals surface area contributed by atoms with E-state index in [0.29, 0.717) is 18.2 Å². The van der Waals surface area contributed by atoms with Crippen molar-refractivity contribution in [2.75, 3.05) is 7.11 Å². The van der Waals surface area contributed by atoms with Crippen molar-refractivity contribution in [3.05, 3.63) is 56.4 Å². The van der Waals surface area contributed by atoms with Crippen molar-refractivity contribution in [3.8, 4) is 18.1 Å². The number of aromatic nitrogens is 2. The standard InChI is InChI=1S/C22H22N2O2S/c1-4-11-24-19(13-15-7-5-6-8-17(15)26-3)23-21-20(22(24)25)16-10-9-14(2)12-18(16)27-21/h1,5-8,14H,9-13H2,2-3H3. The average Bonchev–Trinajstić information content (AvgIpc) is 3.02. The first kappa shape index (κ1) is 17.8. The normalized spacial score (nSPS) is 16.1. The molecule has 1 unspecified atom stereocenters. The fourth-order valence-corrected chi connectivity index (χ4v) is 5.27. The van der Waals surface area contributed by atoms with E-state index in [-0.39, 0.29) is 12.1 Å². The maximum atomic E-state index is 13.3. The summed E-state index contributed by atoms with van der Waals surface area (Å²) in [7, 11) is 1.65. The Morgan fingerprint density at radius 1 is 1.41 bits per heavy atom. The zero-order valence-corrected chi connectivity index (χ0v) is 16.4. The molecule has 0 fully saturated rings. The van der Waals surface area contributed by atoms with Gasteiger partial charge < -0.3 is 4.74 Å². The molecule has 2 aromatic heterocycles. The van der Waals surface area contributed by atoms with Crippen LogP contribution in [0.15, 0.2) is 29.1 Å². The highest BCUT2D eigenvalue weighted by atomic mass is 32.1. The lowest BCUT2D eigenvalue weighted by molar-refractivity contribution is 0.410. The number of fused-ring (bicyclic) bond motifs is 3. The van der Waals surface area contributed by atoms with Gasteiger partial charge >= 0.3 is 0 Å². The minimum Gasteiger partial charge on any atom is -0.496 e. The van der Waals surface area contributed by atoms with Gasteiger partial charge in [-0.1, -0.05) is 31.0 Å². The molecule has 0 amide bonds. The first-order chi connectivity index (χ1) is 13.1. The van der Waals surface area contributed by atoms with E-state index in [2.05, 4.69) is 12.8 Å². The summed E-state index contributed by atoms with van der Waals surface area (Å²) in [6.07, 6.45) is 9.18. The lowest BCUT2D eigenvalue weighted by Crippen LogP contribution is -2.26. The van der Waals surface area contributed by atoms with Gasteiger partial charge in [0.15, 0.2) is 0 Å². The molecule has 0 spiro atoms. The highest BCUT2D eigenvalue weighted by Crippen LogP contribution is 2.36. The Hall–Kier alpha value is -2.58.